The molecule has 8 heteroatoms. The van der Waals surface area contributed by atoms with Crippen LogP contribution in [0, 0.1) is 0 Å². The summed E-state index contributed by atoms with van der Waals surface area (Å²) in [7, 11) is 0. The SMILES string of the molecule is O=C(O)c1ccc2c(c1)N=c1cc3c(cc1O2)=Nc1cc(C(=O)O)ccc1O3. The molecule has 0 saturated carbocycles. The molecule has 0 unspecified atom stereocenters. The smallest absolute Gasteiger partial charge is 0.335 e. The number of hydrogen-bond donors (Lipinski definition) is 2. The maximum atomic E-state index is 11.2. The summed E-state index contributed by atoms with van der Waals surface area (Å²) in [6.45, 7) is 0. The molecule has 2 heterocycles. The Hall–Kier alpha value is -4.20. The fourth-order valence-corrected chi connectivity index (χ4v) is 3.02. The molecule has 0 aromatic heterocycles. The highest BCUT2D eigenvalue weighted by Gasteiger charge is 2.20. The van der Waals surface area contributed by atoms with Crippen LogP contribution in [0.2, 0.25) is 0 Å². The highest BCUT2D eigenvalue weighted by atomic mass is 16.5. The Balaban J connectivity index is 1.65. The lowest BCUT2D eigenvalue weighted by atomic mass is 10.1. The lowest BCUT2D eigenvalue weighted by Gasteiger charge is -2.18. The largest absolute Gasteiger partial charge is 0.478 e. The van der Waals surface area contributed by atoms with Crippen molar-refractivity contribution >= 4 is 23.3 Å². The van der Waals surface area contributed by atoms with Gasteiger partial charge in [0.15, 0.2) is 23.0 Å². The van der Waals surface area contributed by atoms with Gasteiger partial charge in [-0.25, -0.2) is 19.6 Å². The van der Waals surface area contributed by atoms with E-state index < -0.39 is 11.9 Å². The number of carboxylic acid groups (broad SMARTS) is 2. The van der Waals surface area contributed by atoms with Crippen LogP contribution in [0.1, 0.15) is 20.7 Å². The van der Waals surface area contributed by atoms with Crippen molar-refractivity contribution in [3.8, 4) is 23.0 Å². The van der Waals surface area contributed by atoms with E-state index in [1.807, 2.05) is 0 Å². The zero-order chi connectivity index (χ0) is 19.4. The lowest BCUT2D eigenvalue weighted by Crippen LogP contribution is -2.18. The number of rotatable bonds is 2. The summed E-state index contributed by atoms with van der Waals surface area (Å²) in [6, 6.07) is 12.2. The standard InChI is InChI=1S/C20H10N2O6/c23-19(24)9-1-3-15-11(5-9)21-13-8-18-14(7-17(13)27-15)22-12-6-10(20(25)26)2-4-16(12)28-18/h1-8H,(H,23,24)(H,25,26). The van der Waals surface area contributed by atoms with E-state index in [0.717, 1.165) is 0 Å². The minimum absolute atomic E-state index is 0.113. The molecule has 0 atom stereocenters. The van der Waals surface area contributed by atoms with Crippen LogP contribution in [0.3, 0.4) is 0 Å². The number of nitrogens with zero attached hydrogens (tertiary/aromatic N) is 2. The maximum absolute atomic E-state index is 11.2. The van der Waals surface area contributed by atoms with E-state index in [9.17, 15) is 9.59 Å². The van der Waals surface area contributed by atoms with Crippen molar-refractivity contribution in [3.63, 3.8) is 0 Å². The Morgan fingerprint density at radius 2 is 1.07 bits per heavy atom. The Morgan fingerprint density at radius 3 is 1.46 bits per heavy atom. The number of carboxylic acids is 2. The van der Waals surface area contributed by atoms with Crippen molar-refractivity contribution in [2.45, 2.75) is 0 Å². The molecule has 0 amide bonds. The van der Waals surface area contributed by atoms with Gasteiger partial charge in [-0.2, -0.15) is 0 Å². The Labute approximate surface area is 156 Å². The number of ether oxygens (including phenoxy) is 2. The minimum atomic E-state index is -1.05. The van der Waals surface area contributed by atoms with Crippen molar-refractivity contribution in [2.75, 3.05) is 0 Å². The average Bonchev–Trinajstić information content (AvgIpc) is 2.68. The third-order valence-corrected chi connectivity index (χ3v) is 4.37. The van der Waals surface area contributed by atoms with E-state index in [-0.39, 0.29) is 11.1 Å². The van der Waals surface area contributed by atoms with Crippen LogP contribution in [0.5, 0.6) is 23.0 Å². The quantitative estimate of drug-likeness (QED) is 0.490. The van der Waals surface area contributed by atoms with Gasteiger partial charge in [-0.1, -0.05) is 0 Å². The minimum Gasteiger partial charge on any atom is -0.478 e. The van der Waals surface area contributed by atoms with Gasteiger partial charge in [0.05, 0.1) is 11.1 Å². The molecule has 0 bridgehead atoms. The molecule has 0 spiro atoms. The monoisotopic (exact) mass is 374 g/mol. The van der Waals surface area contributed by atoms with Gasteiger partial charge >= 0.3 is 11.9 Å². The fraction of sp³-hybridized carbons (Fsp3) is 0. The van der Waals surface area contributed by atoms with E-state index in [1.54, 1.807) is 24.3 Å². The lowest BCUT2D eigenvalue weighted by molar-refractivity contribution is 0.0686. The Kier molecular flexibility index (Phi) is 3.23. The molecule has 5 rings (SSSR count). The number of fused-ring (bicyclic) bond motifs is 4. The van der Waals surface area contributed by atoms with Gasteiger partial charge in [0, 0.05) is 12.1 Å². The molecule has 3 aromatic rings. The first-order valence-corrected chi connectivity index (χ1v) is 8.20. The van der Waals surface area contributed by atoms with Crippen LogP contribution in [-0.4, -0.2) is 22.2 Å². The van der Waals surface area contributed by atoms with E-state index in [2.05, 4.69) is 9.98 Å². The highest BCUT2D eigenvalue weighted by molar-refractivity contribution is 5.90. The Bertz CT molecular complexity index is 1230. The fourth-order valence-electron chi connectivity index (χ4n) is 3.02. The summed E-state index contributed by atoms with van der Waals surface area (Å²) >= 11 is 0. The number of carbonyl (C=O) groups is 2. The molecule has 2 aliphatic heterocycles. The van der Waals surface area contributed by atoms with Gasteiger partial charge in [0.25, 0.3) is 0 Å². The van der Waals surface area contributed by atoms with Gasteiger partial charge in [-0.3, -0.25) is 0 Å². The predicted octanol–water partition coefficient (Wildman–Crippen LogP) is 3.20. The molecular weight excluding hydrogens is 364 g/mol. The zero-order valence-electron chi connectivity index (χ0n) is 14.0. The number of hydrogen-bond acceptors (Lipinski definition) is 6. The molecule has 3 aromatic carbocycles. The summed E-state index contributed by atoms with van der Waals surface area (Å²) in [5.41, 5.74) is 1.04. The first kappa shape index (κ1) is 16.0. The van der Waals surface area contributed by atoms with Gasteiger partial charge in [0.2, 0.25) is 0 Å². The topological polar surface area (TPSA) is 118 Å². The van der Waals surface area contributed by atoms with Crippen molar-refractivity contribution < 1.29 is 29.3 Å². The van der Waals surface area contributed by atoms with Crippen LogP contribution in [0.25, 0.3) is 0 Å². The molecule has 136 valence electrons. The van der Waals surface area contributed by atoms with Gasteiger partial charge < -0.3 is 19.7 Å². The maximum Gasteiger partial charge on any atom is 0.335 e. The molecular formula is C20H10N2O6. The third-order valence-electron chi connectivity index (χ3n) is 4.37. The van der Waals surface area contributed by atoms with Crippen LogP contribution in [0.4, 0.5) is 11.4 Å². The molecule has 8 nitrogen and oxygen atoms in total. The van der Waals surface area contributed by atoms with E-state index in [4.69, 9.17) is 19.7 Å². The third kappa shape index (κ3) is 2.47. The highest BCUT2D eigenvalue weighted by Crippen LogP contribution is 2.37. The molecule has 2 N–H and O–H groups in total. The van der Waals surface area contributed by atoms with E-state index in [0.29, 0.717) is 45.1 Å². The normalized spacial score (nSPS) is 12.6. The van der Waals surface area contributed by atoms with Crippen molar-refractivity contribution in [2.24, 2.45) is 9.98 Å². The molecule has 0 radical (unpaired) electrons. The molecule has 2 aliphatic rings. The summed E-state index contributed by atoms with van der Waals surface area (Å²) < 4.78 is 11.7. The second-order valence-electron chi connectivity index (χ2n) is 6.19. The van der Waals surface area contributed by atoms with Crippen molar-refractivity contribution in [1.82, 2.24) is 0 Å². The second kappa shape index (κ2) is 5.65. The van der Waals surface area contributed by atoms with Crippen LogP contribution in [-0.2, 0) is 0 Å². The van der Waals surface area contributed by atoms with Crippen molar-refractivity contribution in [3.05, 3.63) is 70.4 Å². The summed E-state index contributed by atoms with van der Waals surface area (Å²) in [4.78, 5) is 31.2. The van der Waals surface area contributed by atoms with E-state index >= 15 is 0 Å². The summed E-state index contributed by atoms with van der Waals surface area (Å²) in [6.07, 6.45) is 0. The van der Waals surface area contributed by atoms with Gasteiger partial charge in [0.1, 0.15) is 22.1 Å². The van der Waals surface area contributed by atoms with Crippen molar-refractivity contribution in [1.29, 1.82) is 0 Å². The second-order valence-corrected chi connectivity index (χ2v) is 6.19. The molecule has 0 saturated heterocycles. The van der Waals surface area contributed by atoms with Crippen LogP contribution >= 0.6 is 0 Å². The summed E-state index contributed by atoms with van der Waals surface area (Å²) in [5.74, 6) is -0.341. The molecule has 28 heavy (non-hydrogen) atoms. The number of benzene rings is 3. The van der Waals surface area contributed by atoms with Gasteiger partial charge in [-0.15, -0.1) is 0 Å². The summed E-state index contributed by atoms with van der Waals surface area (Å²) in [5, 5.41) is 19.2. The number of aromatic carboxylic acids is 2. The molecule has 0 fully saturated rings. The first-order valence-electron chi connectivity index (χ1n) is 8.20. The van der Waals surface area contributed by atoms with E-state index in [1.165, 1.54) is 24.3 Å². The van der Waals surface area contributed by atoms with Crippen LogP contribution < -0.4 is 20.2 Å². The molecule has 0 aliphatic carbocycles. The van der Waals surface area contributed by atoms with Gasteiger partial charge in [-0.05, 0) is 36.4 Å². The first-order chi connectivity index (χ1) is 13.5. The zero-order valence-corrected chi connectivity index (χ0v) is 14.0. The Morgan fingerprint density at radius 1 is 0.643 bits per heavy atom. The average molecular weight is 374 g/mol. The predicted molar refractivity (Wildman–Crippen MR) is 95.0 cm³/mol. The van der Waals surface area contributed by atoms with Crippen LogP contribution in [0.15, 0.2) is 58.5 Å².